The Morgan fingerprint density at radius 3 is 2.89 bits per heavy atom. The number of phenols is 1. The zero-order valence-corrected chi connectivity index (χ0v) is 11.4. The first-order valence-electron chi connectivity index (χ1n) is 6.32. The van der Waals surface area contributed by atoms with Crippen molar-refractivity contribution in [1.82, 2.24) is 5.32 Å². The highest BCUT2D eigenvalue weighted by Gasteiger charge is 2.25. The molecular formula is C14H19NO4. The van der Waals surface area contributed by atoms with Crippen molar-refractivity contribution in [1.29, 1.82) is 0 Å². The zero-order chi connectivity index (χ0) is 14.0. The van der Waals surface area contributed by atoms with E-state index < -0.39 is 17.9 Å². The molecule has 0 saturated heterocycles. The first-order valence-corrected chi connectivity index (χ1v) is 6.32. The smallest absolute Gasteiger partial charge is 0.410 e. The van der Waals surface area contributed by atoms with E-state index in [-0.39, 0.29) is 5.75 Å². The quantitative estimate of drug-likeness (QED) is 0.819. The Labute approximate surface area is 112 Å². The number of rotatable bonds is 1. The van der Waals surface area contributed by atoms with Crippen molar-refractivity contribution in [2.24, 2.45) is 0 Å². The van der Waals surface area contributed by atoms with Crippen LogP contribution in [0.1, 0.15) is 32.8 Å². The highest BCUT2D eigenvalue weighted by atomic mass is 16.6. The fourth-order valence-corrected chi connectivity index (χ4v) is 1.94. The van der Waals surface area contributed by atoms with E-state index in [1.54, 1.807) is 18.2 Å². The van der Waals surface area contributed by atoms with Gasteiger partial charge in [0.2, 0.25) is 0 Å². The summed E-state index contributed by atoms with van der Waals surface area (Å²) in [5.74, 6) is 0.834. The lowest BCUT2D eigenvalue weighted by Gasteiger charge is -2.28. The van der Waals surface area contributed by atoms with E-state index in [2.05, 4.69) is 5.32 Å². The third-order valence-electron chi connectivity index (χ3n) is 2.71. The SMILES string of the molecule is CC(C)(C)OC(=O)NC1CCc2c(O)cccc2O1. The highest BCUT2D eigenvalue weighted by Crippen LogP contribution is 2.33. The molecule has 1 aromatic carbocycles. The predicted octanol–water partition coefficient (Wildman–Crippen LogP) is 2.57. The second-order valence-corrected chi connectivity index (χ2v) is 5.55. The molecule has 1 aliphatic rings. The number of ether oxygens (including phenoxy) is 2. The van der Waals surface area contributed by atoms with Gasteiger partial charge in [0.1, 0.15) is 17.1 Å². The van der Waals surface area contributed by atoms with Crippen LogP contribution < -0.4 is 10.1 Å². The predicted molar refractivity (Wildman–Crippen MR) is 70.2 cm³/mol. The number of hydrogen-bond acceptors (Lipinski definition) is 4. The van der Waals surface area contributed by atoms with Crippen molar-refractivity contribution >= 4 is 6.09 Å². The van der Waals surface area contributed by atoms with Crippen molar-refractivity contribution in [3.63, 3.8) is 0 Å². The monoisotopic (exact) mass is 265 g/mol. The molecule has 5 nitrogen and oxygen atoms in total. The van der Waals surface area contributed by atoms with Crippen LogP contribution in [0.25, 0.3) is 0 Å². The number of phenolic OH excluding ortho intramolecular Hbond substituents is 1. The molecule has 0 radical (unpaired) electrons. The maximum absolute atomic E-state index is 11.6. The lowest BCUT2D eigenvalue weighted by molar-refractivity contribution is 0.0366. The summed E-state index contributed by atoms with van der Waals surface area (Å²) in [5, 5.41) is 12.4. The molecule has 0 aliphatic carbocycles. The molecule has 0 fully saturated rings. The van der Waals surface area contributed by atoms with E-state index in [1.807, 2.05) is 20.8 Å². The molecule has 1 amide bonds. The van der Waals surface area contributed by atoms with E-state index >= 15 is 0 Å². The van der Waals surface area contributed by atoms with Crippen molar-refractivity contribution in [3.8, 4) is 11.5 Å². The van der Waals surface area contributed by atoms with Gasteiger partial charge in [0, 0.05) is 12.0 Å². The Morgan fingerprint density at radius 1 is 1.47 bits per heavy atom. The molecule has 104 valence electrons. The summed E-state index contributed by atoms with van der Waals surface area (Å²) in [6.07, 6.45) is 0.331. The number of fused-ring (bicyclic) bond motifs is 1. The topological polar surface area (TPSA) is 67.8 Å². The number of alkyl carbamates (subject to hydrolysis) is 1. The number of carbonyl (C=O) groups is 1. The highest BCUT2D eigenvalue weighted by molar-refractivity contribution is 5.68. The van der Waals surface area contributed by atoms with Gasteiger partial charge in [0.25, 0.3) is 0 Å². The molecule has 19 heavy (non-hydrogen) atoms. The summed E-state index contributed by atoms with van der Waals surface area (Å²) in [5.41, 5.74) is 0.249. The number of carbonyl (C=O) groups excluding carboxylic acids is 1. The Bertz CT molecular complexity index is 479. The number of benzene rings is 1. The number of hydrogen-bond donors (Lipinski definition) is 2. The first kappa shape index (κ1) is 13.5. The number of amides is 1. The van der Waals surface area contributed by atoms with Gasteiger partial charge in [-0.15, -0.1) is 0 Å². The van der Waals surface area contributed by atoms with E-state index in [9.17, 15) is 9.90 Å². The molecule has 0 bridgehead atoms. The summed E-state index contributed by atoms with van der Waals surface area (Å²) in [4.78, 5) is 11.6. The van der Waals surface area contributed by atoms with Crippen LogP contribution in [-0.2, 0) is 11.2 Å². The maximum Gasteiger partial charge on any atom is 0.410 e. The molecule has 0 aromatic heterocycles. The summed E-state index contributed by atoms with van der Waals surface area (Å²) >= 11 is 0. The van der Waals surface area contributed by atoms with Gasteiger partial charge in [0.15, 0.2) is 6.23 Å². The minimum Gasteiger partial charge on any atom is -0.508 e. The van der Waals surface area contributed by atoms with Crippen LogP contribution in [0.4, 0.5) is 4.79 Å². The van der Waals surface area contributed by atoms with Crippen LogP contribution in [0.3, 0.4) is 0 Å². The molecule has 0 spiro atoms. The molecule has 1 atom stereocenters. The molecule has 1 aromatic rings. The van der Waals surface area contributed by atoms with Gasteiger partial charge in [-0.2, -0.15) is 0 Å². The van der Waals surface area contributed by atoms with Gasteiger partial charge in [-0.25, -0.2) is 4.79 Å². The first-order chi connectivity index (χ1) is 8.85. The van der Waals surface area contributed by atoms with Crippen LogP contribution in [0.5, 0.6) is 11.5 Å². The summed E-state index contributed by atoms with van der Waals surface area (Å²) in [6, 6.07) is 5.12. The third kappa shape index (κ3) is 3.53. The zero-order valence-electron chi connectivity index (χ0n) is 11.4. The van der Waals surface area contributed by atoms with Crippen LogP contribution in [0, 0.1) is 0 Å². The lowest BCUT2D eigenvalue weighted by Crippen LogP contribution is -2.43. The molecule has 0 saturated carbocycles. The van der Waals surface area contributed by atoms with Gasteiger partial charge in [-0.1, -0.05) is 6.07 Å². The minimum atomic E-state index is -0.533. The molecule has 5 heteroatoms. The largest absolute Gasteiger partial charge is 0.508 e. The van der Waals surface area contributed by atoms with Gasteiger partial charge in [-0.05, 0) is 39.3 Å². The van der Waals surface area contributed by atoms with Crippen LogP contribution >= 0.6 is 0 Å². The average molecular weight is 265 g/mol. The molecule has 1 aliphatic heterocycles. The standard InChI is InChI=1S/C14H19NO4/c1-14(2,3)19-13(17)15-12-8-7-9-10(16)5-4-6-11(9)18-12/h4-6,12,16H,7-8H2,1-3H3,(H,15,17). The van der Waals surface area contributed by atoms with Gasteiger partial charge in [0.05, 0.1) is 0 Å². The number of nitrogens with one attached hydrogen (secondary N) is 1. The Hall–Kier alpha value is -1.91. The van der Waals surface area contributed by atoms with Crippen LogP contribution in [-0.4, -0.2) is 23.0 Å². The van der Waals surface area contributed by atoms with Gasteiger partial charge < -0.3 is 14.6 Å². The second kappa shape index (κ2) is 4.99. The van der Waals surface area contributed by atoms with Crippen molar-refractivity contribution < 1.29 is 19.4 Å². The molecule has 2 N–H and O–H groups in total. The fraction of sp³-hybridized carbons (Fsp3) is 0.500. The Balaban J connectivity index is 1.97. The molecule has 2 rings (SSSR count). The normalized spacial score (nSPS) is 18.2. The van der Waals surface area contributed by atoms with E-state index in [0.29, 0.717) is 18.6 Å². The van der Waals surface area contributed by atoms with Crippen molar-refractivity contribution in [3.05, 3.63) is 23.8 Å². The lowest BCUT2D eigenvalue weighted by atomic mass is 10.0. The molecule has 1 heterocycles. The molecular weight excluding hydrogens is 246 g/mol. The third-order valence-corrected chi connectivity index (χ3v) is 2.71. The number of aromatic hydroxyl groups is 1. The van der Waals surface area contributed by atoms with Crippen LogP contribution in [0.15, 0.2) is 18.2 Å². The fourth-order valence-electron chi connectivity index (χ4n) is 1.94. The summed E-state index contributed by atoms with van der Waals surface area (Å²) in [6.45, 7) is 5.42. The van der Waals surface area contributed by atoms with Crippen molar-refractivity contribution in [2.45, 2.75) is 45.4 Å². The van der Waals surface area contributed by atoms with E-state index in [1.165, 1.54) is 0 Å². The summed E-state index contributed by atoms with van der Waals surface area (Å²) in [7, 11) is 0. The average Bonchev–Trinajstić information content (AvgIpc) is 2.26. The van der Waals surface area contributed by atoms with E-state index in [0.717, 1.165) is 5.56 Å². The van der Waals surface area contributed by atoms with Crippen molar-refractivity contribution in [2.75, 3.05) is 0 Å². The Morgan fingerprint density at radius 2 is 2.21 bits per heavy atom. The minimum absolute atomic E-state index is 0.230. The maximum atomic E-state index is 11.6. The Kier molecular flexibility index (Phi) is 3.55. The van der Waals surface area contributed by atoms with E-state index in [4.69, 9.17) is 9.47 Å². The summed E-state index contributed by atoms with van der Waals surface area (Å²) < 4.78 is 10.8. The van der Waals surface area contributed by atoms with Crippen LogP contribution in [0.2, 0.25) is 0 Å². The second-order valence-electron chi connectivity index (χ2n) is 5.55. The van der Waals surface area contributed by atoms with Gasteiger partial charge >= 0.3 is 6.09 Å². The molecule has 1 unspecified atom stereocenters. The van der Waals surface area contributed by atoms with Gasteiger partial charge in [-0.3, -0.25) is 5.32 Å².